The Morgan fingerprint density at radius 1 is 1.33 bits per heavy atom. The third-order valence-electron chi connectivity index (χ3n) is 2.99. The number of carbonyl (C=O) groups excluding carboxylic acids is 1. The summed E-state index contributed by atoms with van der Waals surface area (Å²) in [6, 6.07) is 0. The Bertz CT molecular complexity index is 678. The molecule has 9 heteroatoms. The van der Waals surface area contributed by atoms with E-state index in [1.54, 1.807) is 38.0 Å². The molecule has 1 aromatic heterocycles. The van der Waals surface area contributed by atoms with Gasteiger partial charge in [0.15, 0.2) is 10.2 Å². The minimum Gasteiger partial charge on any atom is -0.477 e. The summed E-state index contributed by atoms with van der Waals surface area (Å²) in [5.41, 5.74) is 0.231. The van der Waals surface area contributed by atoms with Crippen molar-refractivity contribution < 1.29 is 14.7 Å². The minimum atomic E-state index is -1.24. The molecule has 0 atom stereocenters. The average Bonchev–Trinajstić information content (AvgIpc) is 2.92. The van der Waals surface area contributed by atoms with Crippen LogP contribution in [0.2, 0.25) is 0 Å². The van der Waals surface area contributed by atoms with Crippen LogP contribution >= 0.6 is 23.1 Å². The summed E-state index contributed by atoms with van der Waals surface area (Å²) in [4.78, 5) is 36.7. The lowest BCUT2D eigenvalue weighted by Crippen LogP contribution is -2.22. The normalized spacial score (nSPS) is 12.2. The second-order valence-electron chi connectivity index (χ2n) is 5.25. The predicted octanol–water partition coefficient (Wildman–Crippen LogP) is 2.58. The van der Waals surface area contributed by atoms with Crippen molar-refractivity contribution in [2.45, 2.75) is 17.7 Å². The number of carboxylic acid groups (broad SMARTS) is 1. The molecular weight excluding hydrogens is 348 g/mol. The zero-order valence-corrected chi connectivity index (χ0v) is 16.3. The topological polar surface area (TPSA) is 86.1 Å². The smallest absolute Gasteiger partial charge is 0.341 e. The van der Waals surface area contributed by atoms with E-state index in [1.165, 1.54) is 18.1 Å². The number of carbonyl (C=O) groups is 2. The highest BCUT2D eigenvalue weighted by Gasteiger charge is 2.28. The Balaban J connectivity index is 3.49. The molecule has 1 N–H and O–H groups in total. The van der Waals surface area contributed by atoms with E-state index in [0.717, 1.165) is 11.3 Å². The Morgan fingerprint density at radius 3 is 2.38 bits per heavy atom. The van der Waals surface area contributed by atoms with Gasteiger partial charge in [-0.1, -0.05) is 18.7 Å². The number of aliphatic imine (C=N–C) groups is 1. The standard InChI is InChI=1S/C15H22N4O3S2/c1-7-9(19(4)5)10(14(21)22)11(20)12-13(16-8-18(2)3)17-15(23-6)24-12/h8H,7H2,1-6H3,(H,21,22)/b10-9-,16-8?. The third kappa shape index (κ3) is 4.81. The molecule has 0 saturated carbocycles. The van der Waals surface area contributed by atoms with Gasteiger partial charge in [0.2, 0.25) is 5.78 Å². The Labute approximate surface area is 150 Å². The van der Waals surface area contributed by atoms with Crippen molar-refractivity contribution in [3.05, 3.63) is 16.1 Å². The summed E-state index contributed by atoms with van der Waals surface area (Å²) < 4.78 is 0.664. The number of aromatic nitrogens is 1. The first-order valence-electron chi connectivity index (χ1n) is 7.16. The summed E-state index contributed by atoms with van der Waals surface area (Å²) in [5.74, 6) is -1.56. The number of carboxylic acids is 1. The molecule has 132 valence electrons. The molecule has 1 aromatic rings. The van der Waals surface area contributed by atoms with Gasteiger partial charge in [-0.2, -0.15) is 0 Å². The summed E-state index contributed by atoms with van der Waals surface area (Å²) in [7, 11) is 7.05. The van der Waals surface area contributed by atoms with E-state index in [0.29, 0.717) is 16.5 Å². The lowest BCUT2D eigenvalue weighted by molar-refractivity contribution is -0.132. The van der Waals surface area contributed by atoms with Crippen LogP contribution in [0.1, 0.15) is 23.0 Å². The van der Waals surface area contributed by atoms with Crippen molar-refractivity contribution in [3.63, 3.8) is 0 Å². The fraction of sp³-hybridized carbons (Fsp3) is 0.467. The van der Waals surface area contributed by atoms with Crippen LogP contribution in [0.3, 0.4) is 0 Å². The molecule has 24 heavy (non-hydrogen) atoms. The zero-order chi connectivity index (χ0) is 18.4. The molecule has 1 rings (SSSR count). The van der Waals surface area contributed by atoms with Gasteiger partial charge in [-0.25, -0.2) is 14.8 Å². The molecule has 0 aliphatic heterocycles. The maximum Gasteiger partial charge on any atom is 0.341 e. The maximum absolute atomic E-state index is 12.9. The summed E-state index contributed by atoms with van der Waals surface area (Å²) in [6.45, 7) is 1.82. The highest BCUT2D eigenvalue weighted by atomic mass is 32.2. The first-order valence-corrected chi connectivity index (χ1v) is 9.20. The summed E-state index contributed by atoms with van der Waals surface area (Å²) in [5, 5.41) is 9.56. The molecule has 0 amide bonds. The molecule has 0 fully saturated rings. The number of allylic oxidation sites excluding steroid dienone is 1. The molecule has 0 aliphatic rings. The summed E-state index contributed by atoms with van der Waals surface area (Å²) >= 11 is 2.55. The molecule has 0 aliphatic carbocycles. The zero-order valence-electron chi connectivity index (χ0n) is 14.7. The van der Waals surface area contributed by atoms with Gasteiger partial charge in [0.05, 0.1) is 6.34 Å². The van der Waals surface area contributed by atoms with Crippen molar-refractivity contribution in [3.8, 4) is 0 Å². The SMILES string of the molecule is CC/C(=C(/C(=O)O)C(=O)c1sc(SC)nc1N=CN(C)C)N(C)C. The highest BCUT2D eigenvalue weighted by molar-refractivity contribution is 8.00. The molecule has 0 spiro atoms. The van der Waals surface area contributed by atoms with Crippen LogP contribution in [0.5, 0.6) is 0 Å². The Kier molecular flexibility index (Phi) is 7.43. The molecular formula is C15H22N4O3S2. The second-order valence-corrected chi connectivity index (χ2v) is 7.30. The van der Waals surface area contributed by atoms with E-state index in [-0.39, 0.29) is 16.3 Å². The van der Waals surface area contributed by atoms with Crippen LogP contribution in [-0.4, -0.2) is 72.4 Å². The fourth-order valence-electron chi connectivity index (χ4n) is 1.97. The van der Waals surface area contributed by atoms with Gasteiger partial charge in [0, 0.05) is 33.9 Å². The van der Waals surface area contributed by atoms with E-state index in [1.807, 2.05) is 13.2 Å². The van der Waals surface area contributed by atoms with Crippen LogP contribution in [0.4, 0.5) is 5.82 Å². The molecule has 0 unspecified atom stereocenters. The Hall–Kier alpha value is -1.87. The number of thiazole rings is 1. The van der Waals surface area contributed by atoms with Crippen molar-refractivity contribution in [2.75, 3.05) is 34.4 Å². The third-order valence-corrected chi connectivity index (χ3v) is 5.01. The van der Waals surface area contributed by atoms with Crippen LogP contribution in [0.15, 0.2) is 20.6 Å². The van der Waals surface area contributed by atoms with Gasteiger partial charge in [0.25, 0.3) is 0 Å². The first kappa shape index (κ1) is 20.2. The van der Waals surface area contributed by atoms with Crippen LogP contribution < -0.4 is 0 Å². The number of hydrogen-bond acceptors (Lipinski definition) is 7. The van der Waals surface area contributed by atoms with E-state index < -0.39 is 11.8 Å². The van der Waals surface area contributed by atoms with Crippen molar-refractivity contribution in [1.82, 2.24) is 14.8 Å². The minimum absolute atomic E-state index is 0.236. The number of aliphatic carboxylic acids is 1. The average molecular weight is 371 g/mol. The fourth-order valence-corrected chi connectivity index (χ4v) is 3.42. The molecule has 0 radical (unpaired) electrons. The predicted molar refractivity (Wildman–Crippen MR) is 98.7 cm³/mol. The number of ketones is 1. The molecule has 0 aromatic carbocycles. The lowest BCUT2D eigenvalue weighted by Gasteiger charge is -2.18. The number of rotatable bonds is 8. The van der Waals surface area contributed by atoms with Gasteiger partial charge in [0.1, 0.15) is 10.5 Å². The van der Waals surface area contributed by atoms with Gasteiger partial charge in [-0.3, -0.25) is 4.79 Å². The first-order chi connectivity index (χ1) is 11.2. The lowest BCUT2D eigenvalue weighted by atomic mass is 10.1. The number of hydrogen-bond donors (Lipinski definition) is 1. The van der Waals surface area contributed by atoms with E-state index in [9.17, 15) is 14.7 Å². The van der Waals surface area contributed by atoms with E-state index in [4.69, 9.17) is 0 Å². The van der Waals surface area contributed by atoms with Gasteiger partial charge in [-0.05, 0) is 12.7 Å². The van der Waals surface area contributed by atoms with Gasteiger partial charge in [-0.15, -0.1) is 11.3 Å². The second kappa shape index (κ2) is 8.84. The number of Topliss-reactive ketones (excluding diaryl/α,β-unsaturated/α-hetero) is 1. The van der Waals surface area contributed by atoms with Crippen LogP contribution in [0, 0.1) is 0 Å². The number of nitrogens with zero attached hydrogens (tertiary/aromatic N) is 4. The van der Waals surface area contributed by atoms with Gasteiger partial charge < -0.3 is 14.9 Å². The van der Waals surface area contributed by atoms with Crippen molar-refractivity contribution in [2.24, 2.45) is 4.99 Å². The van der Waals surface area contributed by atoms with Crippen molar-refractivity contribution >= 4 is 47.0 Å². The van der Waals surface area contributed by atoms with Crippen LogP contribution in [-0.2, 0) is 4.79 Å². The maximum atomic E-state index is 12.9. The van der Waals surface area contributed by atoms with E-state index in [2.05, 4.69) is 9.98 Å². The molecule has 0 saturated heterocycles. The molecule has 7 nitrogen and oxygen atoms in total. The van der Waals surface area contributed by atoms with Gasteiger partial charge >= 0.3 is 5.97 Å². The summed E-state index contributed by atoms with van der Waals surface area (Å²) in [6.07, 6.45) is 3.81. The largest absolute Gasteiger partial charge is 0.477 e. The Morgan fingerprint density at radius 2 is 1.96 bits per heavy atom. The highest BCUT2D eigenvalue weighted by Crippen LogP contribution is 2.33. The molecule has 0 bridgehead atoms. The monoisotopic (exact) mass is 370 g/mol. The molecule has 1 heterocycles. The van der Waals surface area contributed by atoms with E-state index >= 15 is 0 Å². The quantitative estimate of drug-likeness (QED) is 0.143. The number of thioether (sulfide) groups is 1. The van der Waals surface area contributed by atoms with Crippen LogP contribution in [0.25, 0.3) is 0 Å². The van der Waals surface area contributed by atoms with Crippen molar-refractivity contribution in [1.29, 1.82) is 0 Å².